The highest BCUT2D eigenvalue weighted by molar-refractivity contribution is 6.00. The zero-order chi connectivity index (χ0) is 22.5. The summed E-state index contributed by atoms with van der Waals surface area (Å²) in [5.41, 5.74) is 3.65. The van der Waals surface area contributed by atoms with Gasteiger partial charge in [-0.2, -0.15) is 0 Å². The van der Waals surface area contributed by atoms with Crippen LogP contribution in [0.4, 0.5) is 5.69 Å². The Morgan fingerprint density at radius 2 is 1.50 bits per heavy atom. The number of rotatable bonds is 7. The van der Waals surface area contributed by atoms with Gasteiger partial charge in [0.1, 0.15) is 5.69 Å². The van der Waals surface area contributed by atoms with Crippen LogP contribution in [0.15, 0.2) is 78.9 Å². The van der Waals surface area contributed by atoms with E-state index in [2.05, 4.69) is 10.3 Å². The number of para-hydroxylation sites is 3. The number of ketones is 1. The number of fused-ring (bicyclic) bond motifs is 1. The summed E-state index contributed by atoms with van der Waals surface area (Å²) < 4.78 is 6.20. The number of hydrogen-bond acceptors (Lipinski definition) is 5. The second kappa shape index (κ2) is 9.39. The minimum Gasteiger partial charge on any atom is -0.464 e. The van der Waals surface area contributed by atoms with Crippen molar-refractivity contribution in [3.05, 3.63) is 84.4 Å². The van der Waals surface area contributed by atoms with Crippen LogP contribution in [0.25, 0.3) is 22.3 Å². The Bertz CT molecular complexity index is 1270. The molecule has 0 radical (unpaired) electrons. The van der Waals surface area contributed by atoms with Gasteiger partial charge >= 0.3 is 0 Å². The average molecular weight is 425 g/mol. The highest BCUT2D eigenvalue weighted by Crippen LogP contribution is 2.34. The van der Waals surface area contributed by atoms with Crippen LogP contribution in [0.3, 0.4) is 0 Å². The number of anilines is 1. The SMILES string of the molecule is CC[C@@H](Oc1nc2ccccc2nc1-c1ccccc1NC(C)=O)C(=O)c1ccccc1. The number of nitrogens with zero attached hydrogens (tertiary/aromatic N) is 2. The Balaban J connectivity index is 1.82. The molecule has 3 aromatic carbocycles. The summed E-state index contributed by atoms with van der Waals surface area (Å²) in [4.78, 5) is 34.3. The maximum atomic E-state index is 13.1. The third kappa shape index (κ3) is 4.49. The van der Waals surface area contributed by atoms with Gasteiger partial charge in [0.15, 0.2) is 6.10 Å². The molecule has 0 aliphatic carbocycles. The Hall–Kier alpha value is -4.06. The van der Waals surface area contributed by atoms with Gasteiger partial charge in [0.05, 0.1) is 16.7 Å². The van der Waals surface area contributed by atoms with Crippen molar-refractivity contribution in [1.82, 2.24) is 9.97 Å². The quantitative estimate of drug-likeness (QED) is 0.407. The fourth-order valence-electron chi connectivity index (χ4n) is 3.48. The maximum absolute atomic E-state index is 13.1. The number of benzene rings is 3. The van der Waals surface area contributed by atoms with Crippen LogP contribution in [-0.2, 0) is 4.79 Å². The Morgan fingerprint density at radius 1 is 0.875 bits per heavy atom. The van der Waals surface area contributed by atoms with E-state index in [1.807, 2.05) is 67.6 Å². The highest BCUT2D eigenvalue weighted by atomic mass is 16.5. The first-order valence-electron chi connectivity index (χ1n) is 10.5. The van der Waals surface area contributed by atoms with Crippen LogP contribution in [0, 0.1) is 0 Å². The largest absolute Gasteiger partial charge is 0.464 e. The lowest BCUT2D eigenvalue weighted by Crippen LogP contribution is -2.27. The molecule has 6 heteroatoms. The molecule has 160 valence electrons. The van der Waals surface area contributed by atoms with Crippen LogP contribution in [0.5, 0.6) is 5.88 Å². The Morgan fingerprint density at radius 3 is 2.19 bits per heavy atom. The molecule has 1 amide bonds. The molecule has 0 bridgehead atoms. The standard InChI is InChI=1S/C26H23N3O3/c1-3-23(25(31)18-11-5-4-6-12-18)32-26-24(28-21-15-9-10-16-22(21)29-26)19-13-7-8-14-20(19)27-17(2)30/h4-16,23H,3H2,1-2H3,(H,27,30)/t23-/m1/s1. The molecular formula is C26H23N3O3. The molecule has 1 aromatic heterocycles. The van der Waals surface area contributed by atoms with E-state index in [4.69, 9.17) is 9.72 Å². The normalized spacial score (nSPS) is 11.7. The lowest BCUT2D eigenvalue weighted by Gasteiger charge is -2.19. The molecule has 4 aromatic rings. The predicted molar refractivity (Wildman–Crippen MR) is 125 cm³/mol. The molecule has 1 atom stereocenters. The van der Waals surface area contributed by atoms with Crippen molar-refractivity contribution in [2.45, 2.75) is 26.4 Å². The molecular weight excluding hydrogens is 402 g/mol. The number of hydrogen-bond donors (Lipinski definition) is 1. The first kappa shape index (κ1) is 21.2. The third-order valence-corrected chi connectivity index (χ3v) is 5.01. The lowest BCUT2D eigenvalue weighted by atomic mass is 10.0. The van der Waals surface area contributed by atoms with E-state index in [0.29, 0.717) is 40.0 Å². The number of ether oxygens (including phenoxy) is 1. The van der Waals surface area contributed by atoms with Crippen molar-refractivity contribution in [1.29, 1.82) is 0 Å². The van der Waals surface area contributed by atoms with Gasteiger partial charge in [-0.1, -0.05) is 67.6 Å². The second-order valence-electron chi connectivity index (χ2n) is 7.34. The van der Waals surface area contributed by atoms with E-state index in [1.54, 1.807) is 18.2 Å². The zero-order valence-corrected chi connectivity index (χ0v) is 17.9. The van der Waals surface area contributed by atoms with E-state index in [-0.39, 0.29) is 17.6 Å². The van der Waals surface area contributed by atoms with E-state index in [9.17, 15) is 9.59 Å². The number of amides is 1. The maximum Gasteiger partial charge on any atom is 0.242 e. The first-order chi connectivity index (χ1) is 15.6. The van der Waals surface area contributed by atoms with Gasteiger partial charge in [0.2, 0.25) is 17.6 Å². The highest BCUT2D eigenvalue weighted by Gasteiger charge is 2.24. The summed E-state index contributed by atoms with van der Waals surface area (Å²) in [7, 11) is 0. The topological polar surface area (TPSA) is 81.2 Å². The predicted octanol–water partition coefficient (Wildman–Crippen LogP) is 5.30. The van der Waals surface area contributed by atoms with Crippen molar-refractivity contribution in [3.8, 4) is 17.1 Å². The molecule has 0 aliphatic rings. The van der Waals surface area contributed by atoms with Gasteiger partial charge < -0.3 is 10.1 Å². The van der Waals surface area contributed by atoms with Crippen molar-refractivity contribution in [3.63, 3.8) is 0 Å². The fraction of sp³-hybridized carbons (Fsp3) is 0.154. The van der Waals surface area contributed by atoms with Gasteiger partial charge in [-0.25, -0.2) is 9.97 Å². The number of Topliss-reactive ketones (excluding diaryl/α,β-unsaturated/α-hetero) is 1. The summed E-state index contributed by atoms with van der Waals surface area (Å²) in [5.74, 6) is -0.0684. The molecule has 6 nitrogen and oxygen atoms in total. The Kier molecular flexibility index (Phi) is 6.22. The van der Waals surface area contributed by atoms with Gasteiger partial charge in [-0.05, 0) is 24.6 Å². The number of nitrogens with one attached hydrogen (secondary N) is 1. The van der Waals surface area contributed by atoms with Crippen molar-refractivity contribution in [2.24, 2.45) is 0 Å². The molecule has 0 spiro atoms. The molecule has 0 unspecified atom stereocenters. The summed E-state index contributed by atoms with van der Waals surface area (Å²) >= 11 is 0. The van der Waals surface area contributed by atoms with Crippen LogP contribution in [-0.4, -0.2) is 27.8 Å². The van der Waals surface area contributed by atoms with E-state index in [0.717, 1.165) is 0 Å². The molecule has 0 saturated carbocycles. The van der Waals surface area contributed by atoms with Crippen LogP contribution < -0.4 is 10.1 Å². The second-order valence-corrected chi connectivity index (χ2v) is 7.34. The third-order valence-electron chi connectivity index (χ3n) is 5.01. The molecule has 0 aliphatic heterocycles. The van der Waals surface area contributed by atoms with Gasteiger partial charge in [0, 0.05) is 18.1 Å². The first-order valence-corrected chi connectivity index (χ1v) is 10.5. The molecule has 32 heavy (non-hydrogen) atoms. The molecule has 1 N–H and O–H groups in total. The minimum absolute atomic E-state index is 0.121. The van der Waals surface area contributed by atoms with Crippen molar-refractivity contribution in [2.75, 3.05) is 5.32 Å². The number of carbonyl (C=O) groups excluding carboxylic acids is 2. The summed E-state index contributed by atoms with van der Waals surface area (Å²) in [6.07, 6.45) is -0.255. The smallest absolute Gasteiger partial charge is 0.242 e. The van der Waals surface area contributed by atoms with Crippen LogP contribution >= 0.6 is 0 Å². The number of aromatic nitrogens is 2. The van der Waals surface area contributed by atoms with Crippen LogP contribution in [0.2, 0.25) is 0 Å². The number of carbonyl (C=O) groups is 2. The van der Waals surface area contributed by atoms with Crippen molar-refractivity contribution < 1.29 is 14.3 Å². The molecule has 4 rings (SSSR count). The lowest BCUT2D eigenvalue weighted by molar-refractivity contribution is -0.114. The zero-order valence-electron chi connectivity index (χ0n) is 17.9. The molecule has 0 saturated heterocycles. The van der Waals surface area contributed by atoms with Gasteiger partial charge in [-0.15, -0.1) is 0 Å². The van der Waals surface area contributed by atoms with E-state index >= 15 is 0 Å². The van der Waals surface area contributed by atoms with Gasteiger partial charge in [0.25, 0.3) is 0 Å². The van der Waals surface area contributed by atoms with E-state index in [1.165, 1.54) is 6.92 Å². The molecule has 0 fully saturated rings. The fourth-order valence-corrected chi connectivity index (χ4v) is 3.48. The minimum atomic E-state index is -0.723. The Labute approximate surface area is 186 Å². The monoisotopic (exact) mass is 425 g/mol. The summed E-state index contributed by atoms with van der Waals surface area (Å²) in [6, 6.07) is 23.8. The van der Waals surface area contributed by atoms with Crippen molar-refractivity contribution >= 4 is 28.4 Å². The average Bonchev–Trinajstić information content (AvgIpc) is 2.82. The van der Waals surface area contributed by atoms with Crippen LogP contribution in [0.1, 0.15) is 30.6 Å². The van der Waals surface area contributed by atoms with Gasteiger partial charge in [-0.3, -0.25) is 9.59 Å². The summed E-state index contributed by atoms with van der Waals surface area (Å²) in [5, 5.41) is 2.83. The van der Waals surface area contributed by atoms with E-state index < -0.39 is 6.10 Å². The molecule has 1 heterocycles. The summed E-state index contributed by atoms with van der Waals surface area (Å²) in [6.45, 7) is 3.34.